The molecule has 5 heteroatoms. The Labute approximate surface area is 107 Å². The summed E-state index contributed by atoms with van der Waals surface area (Å²) in [5.74, 6) is 1.50. The van der Waals surface area contributed by atoms with Gasteiger partial charge in [0.1, 0.15) is 0 Å². The fraction of sp³-hybridized carbons (Fsp3) is 0.846. The van der Waals surface area contributed by atoms with E-state index in [1.807, 2.05) is 0 Å². The first kappa shape index (κ1) is 10.8. The van der Waals surface area contributed by atoms with Gasteiger partial charge in [-0.15, -0.1) is 0 Å². The fourth-order valence-corrected chi connectivity index (χ4v) is 3.34. The molecule has 1 aromatic rings. The molecular formula is C13H20N4O. The van der Waals surface area contributed by atoms with Crippen LogP contribution in [0, 0.1) is 0 Å². The van der Waals surface area contributed by atoms with Gasteiger partial charge in [-0.2, -0.15) is 4.98 Å². The molecule has 3 heterocycles. The predicted molar refractivity (Wildman–Crippen MR) is 67.7 cm³/mol. The van der Waals surface area contributed by atoms with Crippen molar-refractivity contribution in [3.05, 3.63) is 5.82 Å². The monoisotopic (exact) mass is 248 g/mol. The van der Waals surface area contributed by atoms with Crippen LogP contribution >= 0.6 is 0 Å². The third kappa shape index (κ3) is 1.72. The summed E-state index contributed by atoms with van der Waals surface area (Å²) in [6.07, 6.45) is 6.33. The normalized spacial score (nSPS) is 32.8. The van der Waals surface area contributed by atoms with Crippen LogP contribution in [0.3, 0.4) is 0 Å². The van der Waals surface area contributed by atoms with E-state index >= 15 is 0 Å². The Balaban J connectivity index is 1.53. The molecule has 5 nitrogen and oxygen atoms in total. The summed E-state index contributed by atoms with van der Waals surface area (Å²) in [6.45, 7) is 2.09. The second kappa shape index (κ2) is 3.95. The van der Waals surface area contributed by atoms with Gasteiger partial charge in [0.15, 0.2) is 5.82 Å². The highest BCUT2D eigenvalue weighted by atomic mass is 16.5. The van der Waals surface area contributed by atoms with Crippen LogP contribution in [-0.2, 0) is 0 Å². The number of aromatic nitrogens is 2. The van der Waals surface area contributed by atoms with Crippen molar-refractivity contribution in [2.75, 3.05) is 25.0 Å². The standard InChI is InChI=1S/C13H20N4O/c1-16-10-4-5-11(16)8-17(7-6-10)13-14-12(15-18-13)9-2-3-9/h9-11H,2-8H2,1H3/t10-,11-/m0/s1. The number of rotatable bonds is 2. The minimum Gasteiger partial charge on any atom is -0.323 e. The van der Waals surface area contributed by atoms with E-state index in [0.29, 0.717) is 12.0 Å². The highest BCUT2D eigenvalue weighted by Gasteiger charge is 2.36. The van der Waals surface area contributed by atoms with Gasteiger partial charge in [-0.05, 0) is 39.2 Å². The lowest BCUT2D eigenvalue weighted by Crippen LogP contribution is -2.36. The highest BCUT2D eigenvalue weighted by Crippen LogP contribution is 2.39. The van der Waals surface area contributed by atoms with Crippen LogP contribution in [0.25, 0.3) is 0 Å². The number of anilines is 1. The fourth-order valence-electron chi connectivity index (χ4n) is 3.34. The number of hydrogen-bond donors (Lipinski definition) is 0. The number of fused-ring (bicyclic) bond motifs is 2. The Morgan fingerprint density at radius 3 is 2.78 bits per heavy atom. The van der Waals surface area contributed by atoms with E-state index < -0.39 is 0 Å². The van der Waals surface area contributed by atoms with E-state index in [2.05, 4.69) is 27.0 Å². The van der Waals surface area contributed by atoms with Crippen molar-refractivity contribution >= 4 is 6.01 Å². The maximum absolute atomic E-state index is 5.45. The molecule has 3 aliphatic rings. The lowest BCUT2D eigenvalue weighted by atomic mass is 10.1. The summed E-state index contributed by atoms with van der Waals surface area (Å²) >= 11 is 0. The molecule has 1 saturated carbocycles. The molecule has 0 aromatic carbocycles. The van der Waals surface area contributed by atoms with Gasteiger partial charge in [0, 0.05) is 31.1 Å². The molecule has 0 radical (unpaired) electrons. The van der Waals surface area contributed by atoms with Crippen molar-refractivity contribution < 1.29 is 4.52 Å². The average molecular weight is 248 g/mol. The first-order valence-electron chi connectivity index (χ1n) is 7.12. The van der Waals surface area contributed by atoms with Crippen LogP contribution in [0.5, 0.6) is 0 Å². The molecule has 98 valence electrons. The van der Waals surface area contributed by atoms with Crippen molar-refractivity contribution in [1.29, 1.82) is 0 Å². The summed E-state index contributed by atoms with van der Waals surface area (Å²) in [5, 5.41) is 4.12. The predicted octanol–water partition coefficient (Wildman–Crippen LogP) is 1.62. The Kier molecular flexibility index (Phi) is 2.37. The molecule has 3 fully saturated rings. The molecule has 2 atom stereocenters. The number of likely N-dealkylation sites (N-methyl/N-ethyl adjacent to an activating group) is 1. The van der Waals surface area contributed by atoms with Gasteiger partial charge < -0.3 is 9.42 Å². The summed E-state index contributed by atoms with van der Waals surface area (Å²) in [4.78, 5) is 9.41. The number of nitrogens with zero attached hydrogens (tertiary/aromatic N) is 4. The van der Waals surface area contributed by atoms with Gasteiger partial charge >= 0.3 is 6.01 Å². The van der Waals surface area contributed by atoms with E-state index in [0.717, 1.165) is 31.0 Å². The summed E-state index contributed by atoms with van der Waals surface area (Å²) in [5.41, 5.74) is 0. The van der Waals surface area contributed by atoms with E-state index in [9.17, 15) is 0 Å². The molecule has 1 aliphatic carbocycles. The lowest BCUT2D eigenvalue weighted by Gasteiger charge is -2.23. The zero-order valence-corrected chi connectivity index (χ0v) is 10.9. The molecule has 4 rings (SSSR count). The third-order valence-corrected chi connectivity index (χ3v) is 4.79. The van der Waals surface area contributed by atoms with Crippen molar-refractivity contribution in [2.45, 2.75) is 50.1 Å². The summed E-state index contributed by atoms with van der Waals surface area (Å²) < 4.78 is 5.45. The molecule has 0 unspecified atom stereocenters. The van der Waals surface area contributed by atoms with Crippen molar-refractivity contribution in [3.63, 3.8) is 0 Å². The summed E-state index contributed by atoms with van der Waals surface area (Å²) in [6, 6.07) is 2.16. The van der Waals surface area contributed by atoms with Crippen LogP contribution in [0.2, 0.25) is 0 Å². The lowest BCUT2D eigenvalue weighted by molar-refractivity contribution is 0.254. The Bertz CT molecular complexity index is 442. The zero-order valence-electron chi connectivity index (χ0n) is 10.9. The largest absolute Gasteiger partial charge is 0.324 e. The maximum atomic E-state index is 5.45. The first-order valence-corrected chi connectivity index (χ1v) is 7.12. The van der Waals surface area contributed by atoms with Crippen LogP contribution in [0.4, 0.5) is 6.01 Å². The van der Waals surface area contributed by atoms with E-state index in [1.165, 1.54) is 32.1 Å². The van der Waals surface area contributed by atoms with Gasteiger partial charge in [-0.25, -0.2) is 0 Å². The molecule has 18 heavy (non-hydrogen) atoms. The zero-order chi connectivity index (χ0) is 12.1. The molecule has 0 spiro atoms. The first-order chi connectivity index (χ1) is 8.81. The smallest absolute Gasteiger partial charge is 0.323 e. The molecule has 0 amide bonds. The van der Waals surface area contributed by atoms with Crippen LogP contribution in [0.1, 0.15) is 43.8 Å². The Hall–Kier alpha value is -1.10. The molecule has 1 aromatic heterocycles. The number of hydrogen-bond acceptors (Lipinski definition) is 5. The second-order valence-corrected chi connectivity index (χ2v) is 5.99. The minimum absolute atomic E-state index is 0.577. The molecule has 2 saturated heterocycles. The quantitative estimate of drug-likeness (QED) is 0.796. The minimum atomic E-state index is 0.577. The van der Waals surface area contributed by atoms with Crippen LogP contribution < -0.4 is 4.90 Å². The van der Waals surface area contributed by atoms with Crippen molar-refractivity contribution in [2.24, 2.45) is 0 Å². The maximum Gasteiger partial charge on any atom is 0.324 e. The molecule has 0 N–H and O–H groups in total. The summed E-state index contributed by atoms with van der Waals surface area (Å²) in [7, 11) is 2.26. The van der Waals surface area contributed by atoms with E-state index in [1.54, 1.807) is 0 Å². The van der Waals surface area contributed by atoms with Crippen molar-refractivity contribution in [3.8, 4) is 0 Å². The van der Waals surface area contributed by atoms with Crippen LogP contribution in [0.15, 0.2) is 4.52 Å². The highest BCUT2D eigenvalue weighted by molar-refractivity contribution is 5.28. The van der Waals surface area contributed by atoms with Gasteiger partial charge in [0.05, 0.1) is 0 Å². The average Bonchev–Trinajstić information content (AvgIpc) is 3.02. The van der Waals surface area contributed by atoms with Gasteiger partial charge in [-0.1, -0.05) is 5.16 Å². The second-order valence-electron chi connectivity index (χ2n) is 5.99. The van der Waals surface area contributed by atoms with Crippen molar-refractivity contribution in [1.82, 2.24) is 15.0 Å². The van der Waals surface area contributed by atoms with Gasteiger partial charge in [0.2, 0.25) is 0 Å². The third-order valence-electron chi connectivity index (χ3n) is 4.79. The van der Waals surface area contributed by atoms with E-state index in [4.69, 9.17) is 4.52 Å². The Morgan fingerprint density at radius 1 is 1.11 bits per heavy atom. The molecule has 2 aliphatic heterocycles. The topological polar surface area (TPSA) is 45.4 Å². The van der Waals surface area contributed by atoms with Gasteiger partial charge in [-0.3, -0.25) is 4.90 Å². The van der Waals surface area contributed by atoms with Gasteiger partial charge in [0.25, 0.3) is 0 Å². The van der Waals surface area contributed by atoms with Crippen LogP contribution in [-0.4, -0.2) is 47.3 Å². The molecule has 2 bridgehead atoms. The molecular weight excluding hydrogens is 228 g/mol. The van der Waals surface area contributed by atoms with E-state index in [-0.39, 0.29) is 0 Å². The Morgan fingerprint density at radius 2 is 1.94 bits per heavy atom. The SMILES string of the molecule is CN1[C@H]2CC[C@H]1CN(c1nc(C3CC3)no1)CC2.